The van der Waals surface area contributed by atoms with Crippen LogP contribution in [-0.4, -0.2) is 57.0 Å². The third-order valence-electron chi connectivity index (χ3n) is 3.50. The van der Waals surface area contributed by atoms with E-state index in [1.807, 2.05) is 20.2 Å². The van der Waals surface area contributed by atoms with Gasteiger partial charge in [-0.1, -0.05) is 13.3 Å². The molecular weight excluding hydrogens is 282 g/mol. The molecule has 2 N–H and O–H groups in total. The maximum Gasteiger partial charge on any atom is 0.280 e. The Bertz CT molecular complexity index is 347. The highest BCUT2D eigenvalue weighted by Crippen LogP contribution is 2.20. The molecule has 1 aliphatic heterocycles. The van der Waals surface area contributed by atoms with Gasteiger partial charge in [0, 0.05) is 30.9 Å². The highest BCUT2D eigenvalue weighted by atomic mass is 32.2. The molecule has 0 aromatic rings. The van der Waals surface area contributed by atoms with Gasteiger partial charge in [-0.05, 0) is 32.6 Å². The minimum absolute atomic E-state index is 0.0252. The summed E-state index contributed by atoms with van der Waals surface area (Å²) in [5.74, 6) is 0.820. The normalized spacial score (nSPS) is 23.4. The van der Waals surface area contributed by atoms with Gasteiger partial charge in [0.15, 0.2) is 0 Å². The van der Waals surface area contributed by atoms with Crippen molar-refractivity contribution in [3.63, 3.8) is 0 Å². The van der Waals surface area contributed by atoms with Gasteiger partial charge in [-0.3, -0.25) is 0 Å². The van der Waals surface area contributed by atoms with E-state index in [2.05, 4.69) is 10.0 Å². The van der Waals surface area contributed by atoms with Crippen LogP contribution in [0.2, 0.25) is 0 Å². The minimum atomic E-state index is -3.36. The molecule has 1 saturated heterocycles. The van der Waals surface area contributed by atoms with Gasteiger partial charge in [0.1, 0.15) is 0 Å². The van der Waals surface area contributed by atoms with Gasteiger partial charge in [0.2, 0.25) is 0 Å². The molecule has 0 amide bonds. The third-order valence-corrected chi connectivity index (χ3v) is 5.96. The first-order valence-corrected chi connectivity index (χ1v) is 9.81. The molecule has 0 aromatic carbocycles. The topological polar surface area (TPSA) is 61.4 Å². The van der Waals surface area contributed by atoms with Crippen LogP contribution in [0.5, 0.6) is 0 Å². The number of rotatable bonds is 8. The van der Waals surface area contributed by atoms with Gasteiger partial charge in [0.05, 0.1) is 0 Å². The van der Waals surface area contributed by atoms with E-state index in [4.69, 9.17) is 0 Å². The van der Waals surface area contributed by atoms with Gasteiger partial charge in [0.25, 0.3) is 10.2 Å². The highest BCUT2D eigenvalue weighted by molar-refractivity contribution is 7.98. The number of nitrogens with one attached hydrogen (secondary N) is 2. The quantitative estimate of drug-likeness (QED) is 0.703. The molecule has 0 spiro atoms. The van der Waals surface area contributed by atoms with Crippen molar-refractivity contribution >= 4 is 22.0 Å². The van der Waals surface area contributed by atoms with Gasteiger partial charge in [-0.25, -0.2) is 0 Å². The number of thioether (sulfide) groups is 1. The Morgan fingerprint density at radius 1 is 1.42 bits per heavy atom. The molecule has 0 aromatic heterocycles. The van der Waals surface area contributed by atoms with Crippen molar-refractivity contribution in [1.82, 2.24) is 14.3 Å². The maximum atomic E-state index is 12.5. The Balaban J connectivity index is 2.72. The first-order valence-electron chi connectivity index (χ1n) is 6.97. The Morgan fingerprint density at radius 2 is 2.16 bits per heavy atom. The second-order valence-electron chi connectivity index (χ2n) is 5.00. The predicted molar refractivity (Wildman–Crippen MR) is 82.8 cm³/mol. The summed E-state index contributed by atoms with van der Waals surface area (Å²) in [5, 5.41) is 3.09. The molecular formula is C12H27N3O2S2. The summed E-state index contributed by atoms with van der Waals surface area (Å²) in [6, 6.07) is 0.111. The summed E-state index contributed by atoms with van der Waals surface area (Å²) in [5.41, 5.74) is 0. The number of hydrogen-bond acceptors (Lipinski definition) is 4. The number of hydrogen-bond donors (Lipinski definition) is 2. The Morgan fingerprint density at radius 3 is 2.74 bits per heavy atom. The number of nitrogens with zero attached hydrogens (tertiary/aromatic N) is 1. The van der Waals surface area contributed by atoms with E-state index >= 15 is 0 Å². The van der Waals surface area contributed by atoms with Crippen LogP contribution in [0.4, 0.5) is 0 Å². The molecule has 7 heteroatoms. The molecule has 1 aliphatic rings. The average Bonchev–Trinajstić information content (AvgIpc) is 2.39. The van der Waals surface area contributed by atoms with E-state index in [1.54, 1.807) is 16.1 Å². The average molecular weight is 310 g/mol. The van der Waals surface area contributed by atoms with E-state index in [1.165, 1.54) is 0 Å². The zero-order chi connectivity index (χ0) is 14.3. The fourth-order valence-electron chi connectivity index (χ4n) is 2.44. The molecule has 114 valence electrons. The summed E-state index contributed by atoms with van der Waals surface area (Å²) in [6.45, 7) is 3.38. The summed E-state index contributed by atoms with van der Waals surface area (Å²) in [6.07, 6.45) is 5.84. The minimum Gasteiger partial charge on any atom is -0.318 e. The Kier molecular flexibility index (Phi) is 7.68. The SMILES string of the molecule is CCC(CSC)NS(=O)(=O)N1CCCCC1CNC. The predicted octanol–water partition coefficient (Wildman–Crippen LogP) is 1.04. The molecule has 1 rings (SSSR count). The van der Waals surface area contributed by atoms with Gasteiger partial charge in [-0.2, -0.15) is 29.2 Å². The molecule has 5 nitrogen and oxygen atoms in total. The molecule has 1 fully saturated rings. The number of piperidine rings is 1. The van der Waals surface area contributed by atoms with Crippen LogP contribution >= 0.6 is 11.8 Å². The first kappa shape index (κ1) is 17.2. The van der Waals surface area contributed by atoms with Crippen LogP contribution in [0.15, 0.2) is 0 Å². The van der Waals surface area contributed by atoms with Crippen molar-refractivity contribution in [3.8, 4) is 0 Å². The lowest BCUT2D eigenvalue weighted by Gasteiger charge is -2.35. The summed E-state index contributed by atoms with van der Waals surface area (Å²) in [7, 11) is -1.49. The molecule has 2 unspecified atom stereocenters. The van der Waals surface area contributed by atoms with Crippen LogP contribution in [-0.2, 0) is 10.2 Å². The lowest BCUT2D eigenvalue weighted by atomic mass is 10.1. The second-order valence-corrected chi connectivity index (χ2v) is 7.57. The van der Waals surface area contributed by atoms with Crippen molar-refractivity contribution in [2.45, 2.75) is 44.7 Å². The van der Waals surface area contributed by atoms with Crippen LogP contribution in [0, 0.1) is 0 Å². The fourth-order valence-corrected chi connectivity index (χ4v) is 5.02. The van der Waals surface area contributed by atoms with Crippen molar-refractivity contribution < 1.29 is 8.42 Å². The first-order chi connectivity index (χ1) is 9.05. The zero-order valence-electron chi connectivity index (χ0n) is 12.2. The van der Waals surface area contributed by atoms with Crippen molar-refractivity contribution in [2.75, 3.05) is 32.1 Å². The smallest absolute Gasteiger partial charge is 0.280 e. The van der Waals surface area contributed by atoms with Crippen LogP contribution in [0.25, 0.3) is 0 Å². The molecule has 2 atom stereocenters. The van der Waals surface area contributed by atoms with Crippen molar-refractivity contribution in [3.05, 3.63) is 0 Å². The molecule has 0 radical (unpaired) electrons. The highest BCUT2D eigenvalue weighted by Gasteiger charge is 2.32. The molecule has 0 saturated carbocycles. The fraction of sp³-hybridized carbons (Fsp3) is 1.00. The Hall–Kier alpha value is 0.180. The summed E-state index contributed by atoms with van der Waals surface area (Å²) in [4.78, 5) is 0. The van der Waals surface area contributed by atoms with Gasteiger partial charge < -0.3 is 5.32 Å². The van der Waals surface area contributed by atoms with Crippen LogP contribution < -0.4 is 10.0 Å². The maximum absolute atomic E-state index is 12.5. The monoisotopic (exact) mass is 309 g/mol. The van der Waals surface area contributed by atoms with Gasteiger partial charge in [-0.15, -0.1) is 0 Å². The van der Waals surface area contributed by atoms with Crippen LogP contribution in [0.1, 0.15) is 32.6 Å². The summed E-state index contributed by atoms with van der Waals surface area (Å²) < 4.78 is 29.5. The lowest BCUT2D eigenvalue weighted by Crippen LogP contribution is -2.54. The Labute approximate surface area is 122 Å². The largest absolute Gasteiger partial charge is 0.318 e. The van der Waals surface area contributed by atoms with E-state index in [9.17, 15) is 8.42 Å². The van der Waals surface area contributed by atoms with E-state index in [-0.39, 0.29) is 12.1 Å². The summed E-state index contributed by atoms with van der Waals surface area (Å²) >= 11 is 1.67. The molecule has 0 aliphatic carbocycles. The molecule has 19 heavy (non-hydrogen) atoms. The van der Waals surface area contributed by atoms with Crippen molar-refractivity contribution in [1.29, 1.82) is 0 Å². The second kappa shape index (κ2) is 8.46. The third kappa shape index (κ3) is 5.23. The van der Waals surface area contributed by atoms with Gasteiger partial charge >= 0.3 is 0 Å². The molecule has 1 heterocycles. The van der Waals surface area contributed by atoms with E-state index in [0.717, 1.165) is 38.0 Å². The van der Waals surface area contributed by atoms with E-state index in [0.29, 0.717) is 6.54 Å². The number of likely N-dealkylation sites (N-methyl/N-ethyl adjacent to an activating group) is 1. The lowest BCUT2D eigenvalue weighted by molar-refractivity contribution is 0.245. The van der Waals surface area contributed by atoms with Crippen molar-refractivity contribution in [2.24, 2.45) is 0 Å². The van der Waals surface area contributed by atoms with E-state index < -0.39 is 10.2 Å². The van der Waals surface area contributed by atoms with Crippen LogP contribution in [0.3, 0.4) is 0 Å². The zero-order valence-corrected chi connectivity index (χ0v) is 13.8. The molecule has 0 bridgehead atoms. The standard InChI is InChI=1S/C12H27N3O2S2/c1-4-11(10-18-3)14-19(16,17)15-8-6-5-7-12(15)9-13-2/h11-14H,4-10H2,1-3H3.